The predicted octanol–water partition coefficient (Wildman–Crippen LogP) is 5.82. The normalized spacial score (nSPS) is 11.7. The fourth-order valence-corrected chi connectivity index (χ4v) is 2.69. The van der Waals surface area contributed by atoms with Gasteiger partial charge < -0.3 is 0 Å². The number of nitriles is 1. The SMILES string of the molecule is C=C(C)CC(CC)c1ccc(F)c(-c2cccc(C#N)c2)c1. The van der Waals surface area contributed by atoms with Gasteiger partial charge in [0.25, 0.3) is 0 Å². The number of halogens is 1. The van der Waals surface area contributed by atoms with Gasteiger partial charge in [-0.1, -0.05) is 30.7 Å². The molecule has 2 heteroatoms. The number of nitrogens with zero attached hydrogens (tertiary/aromatic N) is 1. The van der Waals surface area contributed by atoms with E-state index in [4.69, 9.17) is 5.26 Å². The average molecular weight is 293 g/mol. The van der Waals surface area contributed by atoms with Crippen LogP contribution in [0.25, 0.3) is 11.1 Å². The molecule has 0 saturated carbocycles. The molecule has 1 unspecified atom stereocenters. The van der Waals surface area contributed by atoms with Crippen LogP contribution in [0, 0.1) is 17.1 Å². The van der Waals surface area contributed by atoms with E-state index in [9.17, 15) is 4.39 Å². The van der Waals surface area contributed by atoms with Crippen LogP contribution in [0.4, 0.5) is 4.39 Å². The third kappa shape index (κ3) is 3.62. The van der Waals surface area contributed by atoms with Crippen molar-refractivity contribution < 1.29 is 4.39 Å². The number of hydrogen-bond acceptors (Lipinski definition) is 1. The molecular weight excluding hydrogens is 273 g/mol. The Bertz CT molecular complexity index is 725. The zero-order valence-electron chi connectivity index (χ0n) is 13.1. The van der Waals surface area contributed by atoms with E-state index in [1.807, 2.05) is 25.1 Å². The lowest BCUT2D eigenvalue weighted by Gasteiger charge is -2.17. The molecule has 0 spiro atoms. The van der Waals surface area contributed by atoms with Crippen LogP contribution in [0.3, 0.4) is 0 Å². The second-order valence-corrected chi connectivity index (χ2v) is 5.70. The van der Waals surface area contributed by atoms with Gasteiger partial charge in [0.05, 0.1) is 11.6 Å². The highest BCUT2D eigenvalue weighted by molar-refractivity contribution is 5.66. The number of allylic oxidation sites excluding steroid dienone is 1. The van der Waals surface area contributed by atoms with E-state index in [-0.39, 0.29) is 5.82 Å². The second-order valence-electron chi connectivity index (χ2n) is 5.70. The molecule has 0 aliphatic rings. The molecule has 0 saturated heterocycles. The fraction of sp³-hybridized carbons (Fsp3) is 0.250. The molecule has 2 aromatic carbocycles. The standard InChI is InChI=1S/C20H20FN/c1-4-16(10-14(2)3)17-8-9-20(21)19(12-17)18-7-5-6-15(11-18)13-22/h5-9,11-12,16H,2,4,10H2,1,3H3. The highest BCUT2D eigenvalue weighted by Gasteiger charge is 2.13. The highest BCUT2D eigenvalue weighted by Crippen LogP contribution is 2.31. The molecule has 0 bridgehead atoms. The number of rotatable bonds is 5. The molecule has 0 aliphatic heterocycles. The Morgan fingerprint density at radius 3 is 2.68 bits per heavy atom. The number of hydrogen-bond donors (Lipinski definition) is 0. The van der Waals surface area contributed by atoms with Crippen LogP contribution in [0.2, 0.25) is 0 Å². The van der Waals surface area contributed by atoms with E-state index >= 15 is 0 Å². The van der Waals surface area contributed by atoms with E-state index in [1.54, 1.807) is 18.2 Å². The zero-order valence-corrected chi connectivity index (χ0v) is 13.1. The molecule has 2 aromatic rings. The van der Waals surface area contributed by atoms with E-state index < -0.39 is 0 Å². The monoisotopic (exact) mass is 293 g/mol. The van der Waals surface area contributed by atoms with Crippen molar-refractivity contribution in [1.82, 2.24) is 0 Å². The third-order valence-electron chi connectivity index (χ3n) is 3.85. The highest BCUT2D eigenvalue weighted by atomic mass is 19.1. The molecule has 0 aromatic heterocycles. The minimum atomic E-state index is -0.260. The van der Waals surface area contributed by atoms with Gasteiger partial charge in [-0.3, -0.25) is 0 Å². The average Bonchev–Trinajstić information content (AvgIpc) is 2.53. The zero-order chi connectivity index (χ0) is 16.1. The van der Waals surface area contributed by atoms with Gasteiger partial charge in [-0.05, 0) is 61.1 Å². The van der Waals surface area contributed by atoms with Crippen molar-refractivity contribution in [3.63, 3.8) is 0 Å². The minimum absolute atomic E-state index is 0.260. The van der Waals surface area contributed by atoms with Crippen molar-refractivity contribution in [2.75, 3.05) is 0 Å². The molecule has 1 nitrogen and oxygen atoms in total. The first-order valence-electron chi connectivity index (χ1n) is 7.49. The smallest absolute Gasteiger partial charge is 0.131 e. The summed E-state index contributed by atoms with van der Waals surface area (Å²) in [6.45, 7) is 8.13. The first kappa shape index (κ1) is 16.0. The van der Waals surface area contributed by atoms with Gasteiger partial charge in [0.2, 0.25) is 0 Å². The van der Waals surface area contributed by atoms with Gasteiger partial charge in [-0.25, -0.2) is 4.39 Å². The topological polar surface area (TPSA) is 23.8 Å². The Morgan fingerprint density at radius 1 is 1.27 bits per heavy atom. The van der Waals surface area contributed by atoms with Crippen molar-refractivity contribution in [2.45, 2.75) is 32.6 Å². The first-order valence-corrected chi connectivity index (χ1v) is 7.49. The van der Waals surface area contributed by atoms with Crippen LogP contribution < -0.4 is 0 Å². The minimum Gasteiger partial charge on any atom is -0.206 e. The second kappa shape index (κ2) is 7.04. The molecule has 0 fully saturated rings. The van der Waals surface area contributed by atoms with Crippen LogP contribution >= 0.6 is 0 Å². The van der Waals surface area contributed by atoms with Gasteiger partial charge in [0, 0.05) is 5.56 Å². The molecule has 2 rings (SSSR count). The molecule has 112 valence electrons. The molecule has 0 radical (unpaired) electrons. The first-order chi connectivity index (χ1) is 10.5. The summed E-state index contributed by atoms with van der Waals surface area (Å²) in [5, 5.41) is 9.00. The summed E-state index contributed by atoms with van der Waals surface area (Å²) >= 11 is 0. The van der Waals surface area contributed by atoms with E-state index in [1.165, 1.54) is 6.07 Å². The van der Waals surface area contributed by atoms with Crippen molar-refractivity contribution >= 4 is 0 Å². The molecule has 0 heterocycles. The number of benzene rings is 2. The summed E-state index contributed by atoms with van der Waals surface area (Å²) in [6.07, 6.45) is 1.88. The van der Waals surface area contributed by atoms with Crippen molar-refractivity contribution in [2.24, 2.45) is 0 Å². The Hall–Kier alpha value is -2.40. The van der Waals surface area contributed by atoms with Gasteiger partial charge >= 0.3 is 0 Å². The van der Waals surface area contributed by atoms with Gasteiger partial charge in [-0.2, -0.15) is 5.26 Å². The summed E-state index contributed by atoms with van der Waals surface area (Å²) < 4.78 is 14.2. The summed E-state index contributed by atoms with van der Waals surface area (Å²) in [6, 6.07) is 14.4. The van der Waals surface area contributed by atoms with Gasteiger partial charge in [0.1, 0.15) is 5.82 Å². The Labute approximate surface area is 131 Å². The molecule has 1 atom stereocenters. The fourth-order valence-electron chi connectivity index (χ4n) is 2.69. The van der Waals surface area contributed by atoms with Crippen LogP contribution in [-0.2, 0) is 0 Å². The molecule has 0 aliphatic carbocycles. The summed E-state index contributed by atoms with van der Waals surface area (Å²) in [4.78, 5) is 0. The van der Waals surface area contributed by atoms with Gasteiger partial charge in [0.15, 0.2) is 0 Å². The summed E-state index contributed by atoms with van der Waals surface area (Å²) in [5.74, 6) is 0.0833. The van der Waals surface area contributed by atoms with Crippen LogP contribution in [-0.4, -0.2) is 0 Å². The Morgan fingerprint density at radius 2 is 2.05 bits per heavy atom. The van der Waals surface area contributed by atoms with Crippen LogP contribution in [0.5, 0.6) is 0 Å². The van der Waals surface area contributed by atoms with E-state index in [0.717, 1.165) is 29.5 Å². The maximum atomic E-state index is 14.2. The molecule has 0 N–H and O–H groups in total. The molecular formula is C20H20FN. The maximum Gasteiger partial charge on any atom is 0.131 e. The lowest BCUT2D eigenvalue weighted by molar-refractivity contribution is 0.623. The Kier molecular flexibility index (Phi) is 5.12. The van der Waals surface area contributed by atoms with Crippen molar-refractivity contribution in [3.8, 4) is 17.2 Å². The predicted molar refractivity (Wildman–Crippen MR) is 89.0 cm³/mol. The van der Waals surface area contributed by atoms with Crippen LogP contribution in [0.1, 0.15) is 43.7 Å². The maximum absolute atomic E-state index is 14.2. The molecule has 22 heavy (non-hydrogen) atoms. The van der Waals surface area contributed by atoms with Crippen LogP contribution in [0.15, 0.2) is 54.6 Å². The Balaban J connectivity index is 2.46. The summed E-state index contributed by atoms with van der Waals surface area (Å²) in [5.41, 5.74) is 4.07. The van der Waals surface area contributed by atoms with Crippen molar-refractivity contribution in [1.29, 1.82) is 5.26 Å². The van der Waals surface area contributed by atoms with E-state index in [2.05, 4.69) is 19.6 Å². The van der Waals surface area contributed by atoms with E-state index in [0.29, 0.717) is 17.0 Å². The third-order valence-corrected chi connectivity index (χ3v) is 3.85. The van der Waals surface area contributed by atoms with Gasteiger partial charge in [-0.15, -0.1) is 6.58 Å². The largest absolute Gasteiger partial charge is 0.206 e. The molecule has 0 amide bonds. The lowest BCUT2D eigenvalue weighted by atomic mass is 9.88. The summed E-state index contributed by atoms with van der Waals surface area (Å²) in [7, 11) is 0. The quantitative estimate of drug-likeness (QED) is 0.637. The van der Waals surface area contributed by atoms with Crippen molar-refractivity contribution in [3.05, 3.63) is 71.6 Å². The lowest BCUT2D eigenvalue weighted by Crippen LogP contribution is -1.99.